The first-order chi connectivity index (χ1) is 9.42. The lowest BCUT2D eigenvalue weighted by molar-refractivity contribution is 0.276. The Morgan fingerprint density at radius 3 is 2.95 bits per heavy atom. The van der Waals surface area contributed by atoms with E-state index in [0.717, 1.165) is 18.7 Å². The third-order valence-corrected chi connectivity index (χ3v) is 3.20. The maximum Gasteiger partial charge on any atom is 0.243 e. The van der Waals surface area contributed by atoms with E-state index in [1.54, 1.807) is 0 Å². The molecule has 0 unspecified atom stereocenters. The quantitative estimate of drug-likeness (QED) is 0.914. The van der Waals surface area contributed by atoms with E-state index in [0.29, 0.717) is 18.3 Å². The molecule has 1 saturated heterocycles. The number of nitrogens with one attached hydrogen (secondary N) is 1. The van der Waals surface area contributed by atoms with Crippen molar-refractivity contribution < 1.29 is 9.26 Å². The molecule has 0 amide bonds. The molecular weight excluding hydrogens is 242 g/mol. The van der Waals surface area contributed by atoms with Crippen LogP contribution in [0.15, 0.2) is 34.9 Å². The Balaban J connectivity index is 1.58. The minimum Gasteiger partial charge on any atom is -0.485 e. The monoisotopic (exact) mass is 259 g/mol. The molecular formula is C14H17N3O2. The van der Waals surface area contributed by atoms with Crippen molar-refractivity contribution in [1.29, 1.82) is 0 Å². The van der Waals surface area contributed by atoms with Gasteiger partial charge in [-0.25, -0.2) is 0 Å². The molecule has 2 heterocycles. The summed E-state index contributed by atoms with van der Waals surface area (Å²) in [5, 5.41) is 7.34. The standard InChI is InChI=1S/C14H17N3O2/c1-2-6-11(7-3-1)18-10-13-16-14(19-17-13)12-8-4-5-9-15-12/h1-3,6-7,12,15H,4-5,8-10H2/t12-/m1/s1. The lowest BCUT2D eigenvalue weighted by Gasteiger charge is -2.19. The molecule has 1 N–H and O–H groups in total. The highest BCUT2D eigenvalue weighted by Gasteiger charge is 2.20. The summed E-state index contributed by atoms with van der Waals surface area (Å²) in [7, 11) is 0. The van der Waals surface area contributed by atoms with Gasteiger partial charge in [0.15, 0.2) is 6.61 Å². The highest BCUT2D eigenvalue weighted by molar-refractivity contribution is 5.20. The van der Waals surface area contributed by atoms with E-state index < -0.39 is 0 Å². The average Bonchev–Trinajstić information content (AvgIpc) is 2.96. The molecule has 0 spiro atoms. The van der Waals surface area contributed by atoms with Crippen LogP contribution in [-0.2, 0) is 6.61 Å². The second-order valence-electron chi connectivity index (χ2n) is 4.65. The smallest absolute Gasteiger partial charge is 0.243 e. The molecule has 5 nitrogen and oxygen atoms in total. The Hall–Kier alpha value is -1.88. The van der Waals surface area contributed by atoms with Gasteiger partial charge in [-0.15, -0.1) is 0 Å². The SMILES string of the molecule is c1ccc(OCc2noc([C@H]3CCCCN3)n2)cc1. The van der Waals surface area contributed by atoms with Crippen LogP contribution in [0.2, 0.25) is 0 Å². The third-order valence-electron chi connectivity index (χ3n) is 3.20. The van der Waals surface area contributed by atoms with Gasteiger partial charge < -0.3 is 14.6 Å². The largest absolute Gasteiger partial charge is 0.485 e. The summed E-state index contributed by atoms with van der Waals surface area (Å²) in [4.78, 5) is 4.38. The summed E-state index contributed by atoms with van der Waals surface area (Å²) in [6.45, 7) is 1.35. The van der Waals surface area contributed by atoms with E-state index in [-0.39, 0.29) is 6.04 Å². The van der Waals surface area contributed by atoms with E-state index >= 15 is 0 Å². The molecule has 0 bridgehead atoms. The van der Waals surface area contributed by atoms with Crippen molar-refractivity contribution >= 4 is 0 Å². The average molecular weight is 259 g/mol. The van der Waals surface area contributed by atoms with Crippen molar-refractivity contribution in [2.45, 2.75) is 31.9 Å². The van der Waals surface area contributed by atoms with Gasteiger partial charge in [-0.3, -0.25) is 0 Å². The van der Waals surface area contributed by atoms with Crippen molar-refractivity contribution in [3.63, 3.8) is 0 Å². The second kappa shape index (κ2) is 5.84. The molecule has 100 valence electrons. The Morgan fingerprint density at radius 1 is 1.26 bits per heavy atom. The number of benzene rings is 1. The van der Waals surface area contributed by atoms with E-state index in [9.17, 15) is 0 Å². The Morgan fingerprint density at radius 2 is 2.16 bits per heavy atom. The number of piperidine rings is 1. The number of aromatic nitrogens is 2. The molecule has 1 atom stereocenters. The van der Waals surface area contributed by atoms with Gasteiger partial charge in [0, 0.05) is 0 Å². The molecule has 1 aromatic carbocycles. The van der Waals surface area contributed by atoms with Crippen molar-refractivity contribution in [2.24, 2.45) is 0 Å². The van der Waals surface area contributed by atoms with Gasteiger partial charge in [-0.1, -0.05) is 29.8 Å². The summed E-state index contributed by atoms with van der Waals surface area (Å²) in [6, 6.07) is 9.83. The van der Waals surface area contributed by atoms with Crippen molar-refractivity contribution in [2.75, 3.05) is 6.54 Å². The zero-order chi connectivity index (χ0) is 12.9. The maximum absolute atomic E-state index is 5.59. The molecule has 0 radical (unpaired) electrons. The molecule has 1 fully saturated rings. The molecule has 0 aliphatic carbocycles. The molecule has 19 heavy (non-hydrogen) atoms. The number of rotatable bonds is 4. The number of ether oxygens (including phenoxy) is 1. The first-order valence-corrected chi connectivity index (χ1v) is 6.65. The Kier molecular flexibility index (Phi) is 3.74. The van der Waals surface area contributed by atoms with Crippen molar-refractivity contribution in [3.8, 4) is 5.75 Å². The Labute approximate surface area is 112 Å². The topological polar surface area (TPSA) is 60.2 Å². The molecule has 5 heteroatoms. The number of hydrogen-bond donors (Lipinski definition) is 1. The summed E-state index contributed by atoms with van der Waals surface area (Å²) >= 11 is 0. The van der Waals surface area contributed by atoms with E-state index in [4.69, 9.17) is 9.26 Å². The van der Waals surface area contributed by atoms with Gasteiger partial charge in [0.05, 0.1) is 6.04 Å². The van der Waals surface area contributed by atoms with Crippen LogP contribution in [0.1, 0.15) is 37.0 Å². The van der Waals surface area contributed by atoms with Crippen LogP contribution in [0, 0.1) is 0 Å². The van der Waals surface area contributed by atoms with Gasteiger partial charge in [0.1, 0.15) is 5.75 Å². The molecule has 1 aliphatic heterocycles. The van der Waals surface area contributed by atoms with Crippen LogP contribution >= 0.6 is 0 Å². The van der Waals surface area contributed by atoms with Crippen molar-refractivity contribution in [3.05, 3.63) is 42.0 Å². The minimum absolute atomic E-state index is 0.201. The lowest BCUT2D eigenvalue weighted by atomic mass is 10.1. The number of hydrogen-bond acceptors (Lipinski definition) is 5. The van der Waals surface area contributed by atoms with E-state index in [1.807, 2.05) is 30.3 Å². The maximum atomic E-state index is 5.59. The van der Waals surface area contributed by atoms with E-state index in [1.165, 1.54) is 12.8 Å². The number of para-hydroxylation sites is 1. The predicted molar refractivity (Wildman–Crippen MR) is 69.7 cm³/mol. The predicted octanol–water partition coefficient (Wildman–Crippen LogP) is 2.46. The van der Waals surface area contributed by atoms with Crippen LogP contribution in [-0.4, -0.2) is 16.7 Å². The highest BCUT2D eigenvalue weighted by atomic mass is 16.5. The van der Waals surface area contributed by atoms with Crippen LogP contribution < -0.4 is 10.1 Å². The van der Waals surface area contributed by atoms with Gasteiger partial charge >= 0.3 is 0 Å². The Bertz CT molecular complexity index is 506. The van der Waals surface area contributed by atoms with Gasteiger partial charge in [-0.05, 0) is 31.5 Å². The minimum atomic E-state index is 0.201. The second-order valence-corrected chi connectivity index (χ2v) is 4.65. The molecule has 2 aromatic rings. The van der Waals surface area contributed by atoms with E-state index in [2.05, 4.69) is 15.5 Å². The summed E-state index contributed by atoms with van der Waals surface area (Å²) < 4.78 is 10.9. The normalized spacial score (nSPS) is 19.3. The fraction of sp³-hybridized carbons (Fsp3) is 0.429. The molecule has 0 saturated carbocycles. The lowest BCUT2D eigenvalue weighted by Crippen LogP contribution is -2.27. The zero-order valence-electron chi connectivity index (χ0n) is 10.7. The van der Waals surface area contributed by atoms with Crippen LogP contribution in [0.5, 0.6) is 5.75 Å². The van der Waals surface area contributed by atoms with Crippen LogP contribution in [0.3, 0.4) is 0 Å². The van der Waals surface area contributed by atoms with Crippen LogP contribution in [0.4, 0.5) is 0 Å². The summed E-state index contributed by atoms with van der Waals surface area (Å²) in [5.74, 6) is 2.07. The van der Waals surface area contributed by atoms with Gasteiger partial charge in [0.25, 0.3) is 0 Å². The molecule has 1 aromatic heterocycles. The van der Waals surface area contributed by atoms with Crippen LogP contribution in [0.25, 0.3) is 0 Å². The molecule has 1 aliphatic rings. The first kappa shape index (κ1) is 12.2. The highest BCUT2D eigenvalue weighted by Crippen LogP contribution is 2.21. The first-order valence-electron chi connectivity index (χ1n) is 6.65. The summed E-state index contributed by atoms with van der Waals surface area (Å²) in [6.07, 6.45) is 3.48. The third kappa shape index (κ3) is 3.12. The zero-order valence-corrected chi connectivity index (χ0v) is 10.7. The van der Waals surface area contributed by atoms with Gasteiger partial charge in [0.2, 0.25) is 11.7 Å². The fourth-order valence-corrected chi connectivity index (χ4v) is 2.19. The molecule has 3 rings (SSSR count). The van der Waals surface area contributed by atoms with Gasteiger partial charge in [-0.2, -0.15) is 4.98 Å². The van der Waals surface area contributed by atoms with Crippen molar-refractivity contribution in [1.82, 2.24) is 15.5 Å². The fourth-order valence-electron chi connectivity index (χ4n) is 2.19. The number of nitrogens with zero attached hydrogens (tertiary/aromatic N) is 2. The summed E-state index contributed by atoms with van der Waals surface area (Å²) in [5.41, 5.74) is 0.